The Bertz CT molecular complexity index is 2850. The van der Waals surface area contributed by atoms with E-state index in [2.05, 4.69) is 191 Å². The van der Waals surface area contributed by atoms with Gasteiger partial charge in [-0.05, 0) is 79.3 Å². The lowest BCUT2D eigenvalue weighted by Gasteiger charge is -2.23. The van der Waals surface area contributed by atoms with Crippen LogP contribution in [0, 0.1) is 0 Å². The summed E-state index contributed by atoms with van der Waals surface area (Å²) in [6, 6.07) is 60.9. The first-order valence-corrected chi connectivity index (χ1v) is 18.7. The van der Waals surface area contributed by atoms with E-state index in [-0.39, 0.29) is 0 Å². The van der Waals surface area contributed by atoms with E-state index in [1.807, 2.05) is 0 Å². The summed E-state index contributed by atoms with van der Waals surface area (Å²) in [7, 11) is 0. The first-order chi connectivity index (χ1) is 25.7. The van der Waals surface area contributed by atoms with E-state index in [9.17, 15) is 0 Å². The van der Waals surface area contributed by atoms with Crippen LogP contribution < -0.4 is 0 Å². The second-order valence-electron chi connectivity index (χ2n) is 14.5. The van der Waals surface area contributed by atoms with Crippen molar-refractivity contribution in [2.45, 2.75) is 45.2 Å². The molecule has 0 aliphatic rings. The molecule has 3 aromatic heterocycles. The molecule has 0 spiro atoms. The average Bonchev–Trinajstić information content (AvgIpc) is 3.83. The third kappa shape index (κ3) is 4.73. The molecule has 52 heavy (non-hydrogen) atoms. The zero-order chi connectivity index (χ0) is 34.8. The molecule has 0 aliphatic heterocycles. The lowest BCUT2D eigenvalue weighted by molar-refractivity contribution is 0.462. The summed E-state index contributed by atoms with van der Waals surface area (Å²) in [5.74, 6) is 0.473. The van der Waals surface area contributed by atoms with Gasteiger partial charge in [0.1, 0.15) is 0 Å². The maximum Gasteiger partial charge on any atom is 0.0596 e. The molecule has 2 unspecified atom stereocenters. The molecule has 3 heteroatoms. The fraction of sp³-hybridized carbons (Fsp3) is 0.143. The van der Waals surface area contributed by atoms with Crippen LogP contribution in [0.25, 0.3) is 71.1 Å². The molecular weight excluding hydrogens is 631 g/mol. The van der Waals surface area contributed by atoms with Crippen LogP contribution in [-0.4, -0.2) is 13.7 Å². The molecule has 10 rings (SSSR count). The minimum Gasteiger partial charge on any atom is -0.338 e. The Hall–Kier alpha value is -6.06. The smallest absolute Gasteiger partial charge is 0.0596 e. The van der Waals surface area contributed by atoms with Gasteiger partial charge < -0.3 is 13.7 Å². The SMILES string of the molecule is CCC(CC(C)n1c2ccccc2c2ccccc21)c1ccc(Cn2c3ccccc3c3ccc4c(c5ccccc5n4-c4ccccc4)c32)cc1. The Morgan fingerprint density at radius 1 is 0.481 bits per heavy atom. The molecule has 0 aliphatic carbocycles. The van der Waals surface area contributed by atoms with Crippen LogP contribution in [0.1, 0.15) is 49.8 Å². The van der Waals surface area contributed by atoms with E-state index in [0.29, 0.717) is 12.0 Å². The quantitative estimate of drug-likeness (QED) is 0.153. The van der Waals surface area contributed by atoms with Gasteiger partial charge >= 0.3 is 0 Å². The first-order valence-electron chi connectivity index (χ1n) is 18.7. The molecule has 0 amide bonds. The zero-order valence-corrected chi connectivity index (χ0v) is 29.7. The largest absolute Gasteiger partial charge is 0.338 e. The number of benzene rings is 7. The van der Waals surface area contributed by atoms with Crippen LogP contribution in [0.4, 0.5) is 0 Å². The third-order valence-electron chi connectivity index (χ3n) is 11.5. The number of aromatic nitrogens is 3. The van der Waals surface area contributed by atoms with E-state index in [1.165, 1.54) is 82.2 Å². The molecule has 10 aromatic rings. The van der Waals surface area contributed by atoms with Crippen molar-refractivity contribution in [2.75, 3.05) is 0 Å². The van der Waals surface area contributed by atoms with Crippen molar-refractivity contribution in [3.63, 3.8) is 0 Å². The molecule has 0 saturated heterocycles. The molecule has 3 nitrogen and oxygen atoms in total. The highest BCUT2D eigenvalue weighted by Crippen LogP contribution is 2.41. The van der Waals surface area contributed by atoms with Crippen LogP contribution in [0.2, 0.25) is 0 Å². The molecule has 0 saturated carbocycles. The van der Waals surface area contributed by atoms with Crippen molar-refractivity contribution < 1.29 is 0 Å². The van der Waals surface area contributed by atoms with Crippen molar-refractivity contribution >= 4 is 65.4 Å². The standard InChI is InChI=1S/C49H41N3/c1-3-35(31-33(2)51-44-22-12-8-17-38(44)39-18-9-13-23-45(39)51)36-27-25-34(26-28-36)32-50-43-21-11-7-19-40(43)41-29-30-47-48(49(41)50)42-20-10-14-24-46(42)52(47)37-15-5-4-6-16-37/h4-30,33,35H,3,31-32H2,1-2H3. The van der Waals surface area contributed by atoms with Crippen LogP contribution >= 0.6 is 0 Å². The fourth-order valence-corrected chi connectivity index (χ4v) is 9.18. The van der Waals surface area contributed by atoms with Gasteiger partial charge in [0.2, 0.25) is 0 Å². The number of hydrogen-bond acceptors (Lipinski definition) is 0. The zero-order valence-electron chi connectivity index (χ0n) is 29.7. The number of nitrogens with zero attached hydrogens (tertiary/aromatic N) is 3. The number of hydrogen-bond donors (Lipinski definition) is 0. The van der Waals surface area contributed by atoms with Gasteiger partial charge in [0, 0.05) is 67.1 Å². The normalized spacial score (nSPS) is 13.3. The summed E-state index contributed by atoms with van der Waals surface area (Å²) in [6.45, 7) is 5.54. The predicted molar refractivity (Wildman–Crippen MR) is 221 cm³/mol. The van der Waals surface area contributed by atoms with Gasteiger partial charge in [0.05, 0.1) is 16.6 Å². The summed E-state index contributed by atoms with van der Waals surface area (Å²) in [6.07, 6.45) is 2.20. The minimum absolute atomic E-state index is 0.368. The van der Waals surface area contributed by atoms with Crippen LogP contribution in [0.3, 0.4) is 0 Å². The summed E-state index contributed by atoms with van der Waals surface area (Å²) < 4.78 is 7.55. The number of para-hydroxylation sites is 5. The average molecular weight is 672 g/mol. The molecule has 7 aromatic carbocycles. The Morgan fingerprint density at radius 3 is 1.69 bits per heavy atom. The molecule has 0 radical (unpaired) electrons. The molecule has 0 fully saturated rings. The van der Waals surface area contributed by atoms with E-state index < -0.39 is 0 Å². The summed E-state index contributed by atoms with van der Waals surface area (Å²) >= 11 is 0. The number of fused-ring (bicyclic) bond motifs is 10. The van der Waals surface area contributed by atoms with Crippen molar-refractivity contribution in [2.24, 2.45) is 0 Å². The van der Waals surface area contributed by atoms with Gasteiger partial charge in [0.15, 0.2) is 0 Å². The maximum atomic E-state index is 2.57. The molecule has 0 N–H and O–H groups in total. The Labute approximate surface area is 304 Å². The topological polar surface area (TPSA) is 14.8 Å². The number of rotatable bonds is 8. The summed E-state index contributed by atoms with van der Waals surface area (Å²) in [5.41, 5.74) is 11.6. The maximum absolute atomic E-state index is 2.57. The monoisotopic (exact) mass is 671 g/mol. The molecular formula is C49H41N3. The Balaban J connectivity index is 1.04. The van der Waals surface area contributed by atoms with Crippen LogP contribution in [-0.2, 0) is 6.54 Å². The molecule has 252 valence electrons. The fourth-order valence-electron chi connectivity index (χ4n) is 9.18. The highest BCUT2D eigenvalue weighted by Gasteiger charge is 2.22. The van der Waals surface area contributed by atoms with Crippen molar-refractivity contribution in [3.05, 3.63) is 175 Å². The summed E-state index contributed by atoms with van der Waals surface area (Å²) in [4.78, 5) is 0. The van der Waals surface area contributed by atoms with Crippen LogP contribution in [0.5, 0.6) is 0 Å². The second kappa shape index (κ2) is 12.3. The Kier molecular flexibility index (Phi) is 7.28. The Morgan fingerprint density at radius 2 is 1.04 bits per heavy atom. The van der Waals surface area contributed by atoms with Gasteiger partial charge in [-0.1, -0.05) is 128 Å². The van der Waals surface area contributed by atoms with Gasteiger partial charge in [-0.3, -0.25) is 0 Å². The van der Waals surface area contributed by atoms with Gasteiger partial charge in [-0.15, -0.1) is 0 Å². The highest BCUT2D eigenvalue weighted by molar-refractivity contribution is 6.25. The first kappa shape index (κ1) is 30.7. The van der Waals surface area contributed by atoms with E-state index in [1.54, 1.807) is 0 Å². The van der Waals surface area contributed by atoms with E-state index >= 15 is 0 Å². The van der Waals surface area contributed by atoms with Crippen LogP contribution in [0.15, 0.2) is 164 Å². The van der Waals surface area contributed by atoms with Gasteiger partial charge in [-0.25, -0.2) is 0 Å². The van der Waals surface area contributed by atoms with Crippen molar-refractivity contribution in [1.29, 1.82) is 0 Å². The second-order valence-corrected chi connectivity index (χ2v) is 14.5. The lowest BCUT2D eigenvalue weighted by atomic mass is 9.89. The molecule has 2 atom stereocenters. The highest BCUT2D eigenvalue weighted by atomic mass is 15.0. The predicted octanol–water partition coefficient (Wildman–Crippen LogP) is 13.2. The van der Waals surface area contributed by atoms with Gasteiger partial charge in [0.25, 0.3) is 0 Å². The third-order valence-corrected chi connectivity index (χ3v) is 11.5. The molecule has 3 heterocycles. The van der Waals surface area contributed by atoms with E-state index in [4.69, 9.17) is 0 Å². The minimum atomic E-state index is 0.368. The van der Waals surface area contributed by atoms with E-state index in [0.717, 1.165) is 19.4 Å². The van der Waals surface area contributed by atoms with Gasteiger partial charge in [-0.2, -0.15) is 0 Å². The molecule has 0 bridgehead atoms. The van der Waals surface area contributed by atoms with Crippen molar-refractivity contribution in [3.8, 4) is 5.69 Å². The summed E-state index contributed by atoms with van der Waals surface area (Å²) in [5, 5.41) is 7.89. The lowest BCUT2D eigenvalue weighted by Crippen LogP contribution is -2.10. The van der Waals surface area contributed by atoms with Crippen molar-refractivity contribution in [1.82, 2.24) is 13.7 Å².